The average Bonchev–Trinajstić information content (AvgIpc) is 3.28. The number of nitrogens with one attached hydrogen (secondary N) is 4. The van der Waals surface area contributed by atoms with Gasteiger partial charge in [0.15, 0.2) is 5.11 Å². The van der Waals surface area contributed by atoms with Crippen LogP contribution in [0.2, 0.25) is 0 Å². The first-order chi connectivity index (χ1) is 16.6. The first kappa shape index (κ1) is 25.2. The van der Waals surface area contributed by atoms with E-state index in [9.17, 15) is 23.3 Å². The number of thiocarbonyl (C=S) groups is 1. The summed E-state index contributed by atoms with van der Waals surface area (Å²) in [4.78, 5) is 30.3. The molecule has 0 spiro atoms. The number of hydrogen-bond donors (Lipinski definition) is 4. The number of amides is 1. The molecule has 4 N–H and O–H groups in total. The molecule has 17 heteroatoms. The Bertz CT molecular complexity index is 1330. The molecule has 0 saturated carbocycles. The Kier molecular flexibility index (Phi) is 7.72. The van der Waals surface area contributed by atoms with Crippen LogP contribution in [0.5, 0.6) is 5.88 Å². The number of carbonyl (C=O) groups is 1. The largest absolute Gasteiger partial charge is 0.475 e. The van der Waals surface area contributed by atoms with Crippen LogP contribution < -0.4 is 25.6 Å². The predicted molar refractivity (Wildman–Crippen MR) is 127 cm³/mol. The Morgan fingerprint density at radius 3 is 2.43 bits per heavy atom. The van der Waals surface area contributed by atoms with E-state index in [2.05, 4.69) is 36.0 Å². The van der Waals surface area contributed by atoms with Crippen LogP contribution in [-0.4, -0.2) is 51.2 Å². The third kappa shape index (κ3) is 6.36. The van der Waals surface area contributed by atoms with E-state index in [0.29, 0.717) is 5.69 Å². The van der Waals surface area contributed by atoms with Crippen molar-refractivity contribution in [2.45, 2.75) is 17.9 Å². The molecule has 2 heterocycles. The van der Waals surface area contributed by atoms with Gasteiger partial charge in [-0.25, -0.2) is 27.8 Å². The minimum atomic E-state index is -3.89. The molecule has 1 amide bonds. The van der Waals surface area contributed by atoms with Crippen LogP contribution in [0.25, 0.3) is 0 Å². The maximum atomic E-state index is 12.4. The highest BCUT2D eigenvalue weighted by atomic mass is 32.2. The monoisotopic (exact) mass is 521 g/mol. The number of benzene rings is 1. The Hall–Kier alpha value is -4.38. The van der Waals surface area contributed by atoms with Gasteiger partial charge in [-0.15, -0.1) is 5.10 Å². The fourth-order valence-corrected chi connectivity index (χ4v) is 3.72. The first-order valence-corrected chi connectivity index (χ1v) is 11.5. The van der Waals surface area contributed by atoms with Crippen LogP contribution in [0, 0.1) is 10.1 Å². The van der Waals surface area contributed by atoms with Gasteiger partial charge in [0.25, 0.3) is 15.9 Å². The summed E-state index contributed by atoms with van der Waals surface area (Å²) in [5.41, 5.74) is 4.90. The number of methoxy groups -OCH3 is 1. The minimum Gasteiger partial charge on any atom is -0.475 e. The van der Waals surface area contributed by atoms with Gasteiger partial charge in [0.05, 0.1) is 16.9 Å². The lowest BCUT2D eigenvalue weighted by Gasteiger charge is -2.15. The van der Waals surface area contributed by atoms with E-state index < -0.39 is 26.9 Å². The summed E-state index contributed by atoms with van der Waals surface area (Å²) in [5.74, 6) is -0.880. The van der Waals surface area contributed by atoms with Gasteiger partial charge >= 0.3 is 11.6 Å². The van der Waals surface area contributed by atoms with E-state index in [0.717, 1.165) is 10.9 Å². The number of nitro groups is 1. The van der Waals surface area contributed by atoms with E-state index in [1.165, 1.54) is 50.7 Å². The number of ether oxygens (including phenoxy) is 1. The second-order valence-electron chi connectivity index (χ2n) is 6.71. The molecule has 0 fully saturated rings. The van der Waals surface area contributed by atoms with Crippen molar-refractivity contribution in [1.29, 1.82) is 0 Å². The van der Waals surface area contributed by atoms with Gasteiger partial charge in [-0.05, 0) is 49.5 Å². The Morgan fingerprint density at radius 2 is 1.86 bits per heavy atom. The van der Waals surface area contributed by atoms with E-state index in [4.69, 9.17) is 17.0 Å². The highest BCUT2D eigenvalue weighted by molar-refractivity contribution is 7.92. The van der Waals surface area contributed by atoms with Crippen LogP contribution in [0.15, 0.2) is 53.8 Å². The molecular weight excluding hydrogens is 502 g/mol. The SMILES string of the molecule is COc1nn([C@@H](C)C(=O)NNC(=S)Nc2ccc(S(=O)(=O)Nc3ncccn3)cc2)cc1[N+](=O)[O-]. The number of nitrogens with zero attached hydrogens (tertiary/aromatic N) is 5. The van der Waals surface area contributed by atoms with Crippen LogP contribution in [0.1, 0.15) is 13.0 Å². The van der Waals surface area contributed by atoms with Crippen LogP contribution >= 0.6 is 12.2 Å². The molecule has 35 heavy (non-hydrogen) atoms. The molecule has 3 aromatic rings. The van der Waals surface area contributed by atoms with Crippen molar-refractivity contribution < 1.29 is 22.9 Å². The van der Waals surface area contributed by atoms with Crippen molar-refractivity contribution in [3.8, 4) is 5.88 Å². The summed E-state index contributed by atoms with van der Waals surface area (Å²) in [5, 5.41) is 17.7. The molecule has 2 aromatic heterocycles. The molecule has 0 unspecified atom stereocenters. The molecule has 184 valence electrons. The van der Waals surface area contributed by atoms with E-state index in [-0.39, 0.29) is 27.5 Å². The molecule has 1 aromatic carbocycles. The number of carbonyl (C=O) groups excluding carboxylic acids is 1. The standard InChI is InChI=1S/C18H19N9O6S2/c1-11(26-10-14(27(29)30)16(24-26)33-2)15(28)22-23-18(34)21-12-4-6-13(7-5-12)35(31,32)25-17-19-8-3-9-20-17/h3-11H,1-2H3,(H,22,28)(H,19,20,25)(H2,21,23,34)/t11-/m0/s1. The lowest BCUT2D eigenvalue weighted by Crippen LogP contribution is -2.46. The zero-order chi connectivity index (χ0) is 25.6. The second kappa shape index (κ2) is 10.7. The first-order valence-electron chi connectivity index (χ1n) is 9.65. The number of anilines is 2. The number of hydrazine groups is 1. The summed E-state index contributed by atoms with van der Waals surface area (Å²) in [7, 11) is -2.66. The molecule has 0 radical (unpaired) electrons. The molecule has 15 nitrogen and oxygen atoms in total. The third-order valence-electron chi connectivity index (χ3n) is 4.36. The van der Waals surface area contributed by atoms with Gasteiger partial charge in [-0.3, -0.25) is 25.8 Å². The highest BCUT2D eigenvalue weighted by Crippen LogP contribution is 2.25. The number of aromatic nitrogens is 4. The molecule has 1 atom stereocenters. The fourth-order valence-electron chi connectivity index (χ4n) is 2.59. The van der Waals surface area contributed by atoms with E-state index in [1.54, 1.807) is 6.07 Å². The quantitative estimate of drug-likeness (QED) is 0.186. The van der Waals surface area contributed by atoms with Crippen LogP contribution in [-0.2, 0) is 14.8 Å². The maximum Gasteiger partial charge on any atom is 0.350 e. The van der Waals surface area contributed by atoms with Crippen molar-refractivity contribution >= 4 is 50.6 Å². The third-order valence-corrected chi connectivity index (χ3v) is 5.91. The summed E-state index contributed by atoms with van der Waals surface area (Å²) in [6, 6.07) is 6.24. The number of rotatable bonds is 8. The average molecular weight is 522 g/mol. The fraction of sp³-hybridized carbons (Fsp3) is 0.167. The van der Waals surface area contributed by atoms with Gasteiger partial charge in [-0.1, -0.05) is 0 Å². The topological polar surface area (TPSA) is 195 Å². The van der Waals surface area contributed by atoms with Gasteiger partial charge in [-0.2, -0.15) is 0 Å². The summed E-state index contributed by atoms with van der Waals surface area (Å²) in [6.07, 6.45) is 3.89. The normalized spacial score (nSPS) is 11.7. The van der Waals surface area contributed by atoms with Crippen molar-refractivity contribution in [3.05, 3.63) is 59.0 Å². The predicted octanol–water partition coefficient (Wildman–Crippen LogP) is 0.970. The molecule has 0 aliphatic carbocycles. The highest BCUT2D eigenvalue weighted by Gasteiger charge is 2.25. The molecule has 3 rings (SSSR count). The van der Waals surface area contributed by atoms with E-state index in [1.807, 2.05) is 0 Å². The lowest BCUT2D eigenvalue weighted by atomic mass is 10.3. The Balaban J connectivity index is 1.55. The molecule has 0 aliphatic heterocycles. The molecule has 0 saturated heterocycles. The van der Waals surface area contributed by atoms with Crippen LogP contribution in [0.3, 0.4) is 0 Å². The lowest BCUT2D eigenvalue weighted by molar-refractivity contribution is -0.385. The van der Waals surface area contributed by atoms with Crippen molar-refractivity contribution in [2.75, 3.05) is 17.1 Å². The van der Waals surface area contributed by atoms with Gasteiger partial charge < -0.3 is 10.1 Å². The molecule has 0 aliphatic rings. The van der Waals surface area contributed by atoms with Crippen molar-refractivity contribution in [1.82, 2.24) is 30.6 Å². The molecular formula is C18H19N9O6S2. The minimum absolute atomic E-state index is 0.000920. The summed E-state index contributed by atoms with van der Waals surface area (Å²) in [6.45, 7) is 1.47. The van der Waals surface area contributed by atoms with Gasteiger partial charge in [0, 0.05) is 18.1 Å². The van der Waals surface area contributed by atoms with Crippen molar-refractivity contribution in [2.24, 2.45) is 0 Å². The zero-order valence-corrected chi connectivity index (χ0v) is 19.8. The smallest absolute Gasteiger partial charge is 0.350 e. The zero-order valence-electron chi connectivity index (χ0n) is 18.2. The molecule has 0 bridgehead atoms. The number of hydrogen-bond acceptors (Lipinski definition) is 10. The van der Waals surface area contributed by atoms with Gasteiger partial charge in [0.2, 0.25) is 5.95 Å². The Labute approximate surface area is 204 Å². The van der Waals surface area contributed by atoms with E-state index >= 15 is 0 Å². The van der Waals surface area contributed by atoms with Crippen LogP contribution in [0.4, 0.5) is 17.3 Å². The van der Waals surface area contributed by atoms with Gasteiger partial charge in [0.1, 0.15) is 12.2 Å². The second-order valence-corrected chi connectivity index (χ2v) is 8.80. The summed E-state index contributed by atoms with van der Waals surface area (Å²) >= 11 is 5.11. The van der Waals surface area contributed by atoms with Crippen molar-refractivity contribution in [3.63, 3.8) is 0 Å². The Morgan fingerprint density at radius 1 is 1.20 bits per heavy atom. The number of sulfonamides is 1. The summed E-state index contributed by atoms with van der Waals surface area (Å²) < 4.78 is 33.0. The maximum absolute atomic E-state index is 12.4.